The maximum absolute atomic E-state index is 14.9. The summed E-state index contributed by atoms with van der Waals surface area (Å²) in [7, 11) is 0. The Morgan fingerprint density at radius 2 is 1.57 bits per heavy atom. The molecule has 0 heterocycles. The summed E-state index contributed by atoms with van der Waals surface area (Å²) >= 11 is 24.7. The number of hydrogen-bond donors (Lipinski definition) is 3. The van der Waals surface area contributed by atoms with Crippen LogP contribution >= 0.6 is 46.4 Å². The largest absolute Gasteiger partial charge is 0.326 e. The monoisotopic (exact) mass is 631 g/mol. The molecule has 0 aromatic heterocycles. The molecule has 13 heteroatoms. The number of anilines is 3. The molecular weight excluding hydrogens is 613 g/mol. The summed E-state index contributed by atoms with van der Waals surface area (Å²) in [6, 6.07) is 9.81. The molecule has 0 saturated heterocycles. The summed E-state index contributed by atoms with van der Waals surface area (Å²) in [6.45, 7) is 1.73. The molecule has 210 valence electrons. The van der Waals surface area contributed by atoms with Crippen molar-refractivity contribution in [2.45, 2.75) is 30.0 Å². The van der Waals surface area contributed by atoms with Gasteiger partial charge in [0.25, 0.3) is 5.91 Å². The summed E-state index contributed by atoms with van der Waals surface area (Å²) < 4.78 is 41.2. The van der Waals surface area contributed by atoms with Crippen molar-refractivity contribution in [2.24, 2.45) is 5.92 Å². The van der Waals surface area contributed by atoms with E-state index in [1.807, 2.05) is 0 Å². The summed E-state index contributed by atoms with van der Waals surface area (Å²) in [5.41, 5.74) is -0.620. The predicted molar refractivity (Wildman–Crippen MR) is 150 cm³/mol. The average molecular weight is 633 g/mol. The second kappa shape index (κ2) is 11.9. The van der Waals surface area contributed by atoms with Gasteiger partial charge in [-0.15, -0.1) is 23.2 Å². The molecule has 0 radical (unpaired) electrons. The molecule has 3 aromatic rings. The standard InChI is InChI=1S/C27H20Cl4F3N3O3/c1-2-3-20(38)37-24-18(33)8-9-19(23(24)34)36-25(39)14-11-13(5-6-15(14)28)35-26(40)22-21(27(22,30)31)12-4-7-17(32)16(29)10-12/h4-11,21-22H,2-3H2,1H3,(H,35,40)(H,36,39)(H,37,38)/t21?,22-/m1/s1. The highest BCUT2D eigenvalue weighted by atomic mass is 35.5. The predicted octanol–water partition coefficient (Wildman–Crippen LogP) is 7.93. The lowest BCUT2D eigenvalue weighted by Gasteiger charge is -2.13. The maximum atomic E-state index is 14.9. The van der Waals surface area contributed by atoms with Gasteiger partial charge in [-0.1, -0.05) is 36.2 Å². The number of nitrogens with one attached hydrogen (secondary N) is 3. The Labute approximate surface area is 247 Å². The van der Waals surface area contributed by atoms with E-state index < -0.39 is 62.7 Å². The number of carbonyl (C=O) groups excluding carboxylic acids is 3. The molecule has 0 bridgehead atoms. The van der Waals surface area contributed by atoms with Gasteiger partial charge in [-0.25, -0.2) is 13.2 Å². The van der Waals surface area contributed by atoms with E-state index >= 15 is 0 Å². The fraction of sp³-hybridized carbons (Fsp3) is 0.222. The van der Waals surface area contributed by atoms with Crippen molar-refractivity contribution in [3.63, 3.8) is 0 Å². The van der Waals surface area contributed by atoms with Crippen molar-refractivity contribution >= 4 is 81.2 Å². The third-order valence-corrected chi connectivity index (χ3v) is 7.76. The van der Waals surface area contributed by atoms with Crippen LogP contribution < -0.4 is 16.0 Å². The van der Waals surface area contributed by atoms with E-state index in [0.717, 1.165) is 18.2 Å². The minimum Gasteiger partial charge on any atom is -0.326 e. The molecule has 1 aliphatic carbocycles. The average Bonchev–Trinajstić information content (AvgIpc) is 3.48. The fourth-order valence-corrected chi connectivity index (χ4v) is 5.37. The highest BCUT2D eigenvalue weighted by Crippen LogP contribution is 2.65. The van der Waals surface area contributed by atoms with Crippen LogP contribution in [0.1, 0.15) is 41.6 Å². The molecule has 0 aliphatic heterocycles. The van der Waals surface area contributed by atoms with Gasteiger partial charge in [0.1, 0.15) is 21.7 Å². The van der Waals surface area contributed by atoms with Crippen LogP contribution in [0.25, 0.3) is 0 Å². The molecule has 4 rings (SSSR count). The van der Waals surface area contributed by atoms with Gasteiger partial charge in [0, 0.05) is 18.0 Å². The Hall–Kier alpha value is -2.98. The van der Waals surface area contributed by atoms with Gasteiger partial charge in [-0.2, -0.15) is 0 Å². The first-order valence-corrected chi connectivity index (χ1v) is 13.4. The first kappa shape index (κ1) is 30.0. The molecule has 3 N–H and O–H groups in total. The molecule has 40 heavy (non-hydrogen) atoms. The molecule has 1 aliphatic rings. The Morgan fingerprint density at radius 3 is 2.25 bits per heavy atom. The quantitative estimate of drug-likeness (QED) is 0.220. The van der Waals surface area contributed by atoms with E-state index in [1.54, 1.807) is 6.92 Å². The summed E-state index contributed by atoms with van der Waals surface area (Å²) in [5, 5.41) is 6.89. The lowest BCUT2D eigenvalue weighted by molar-refractivity contribution is -0.117. The minimum atomic E-state index is -1.48. The Morgan fingerprint density at radius 1 is 0.875 bits per heavy atom. The van der Waals surface area contributed by atoms with Gasteiger partial charge in [-0.05, 0) is 54.4 Å². The highest BCUT2D eigenvalue weighted by molar-refractivity contribution is 6.53. The van der Waals surface area contributed by atoms with E-state index in [9.17, 15) is 27.6 Å². The third kappa shape index (κ3) is 6.17. The second-order valence-corrected chi connectivity index (χ2v) is 11.3. The van der Waals surface area contributed by atoms with Crippen molar-refractivity contribution < 1.29 is 27.6 Å². The van der Waals surface area contributed by atoms with E-state index in [-0.39, 0.29) is 27.7 Å². The second-order valence-electron chi connectivity index (χ2n) is 9.02. The molecular formula is C27H20Cl4F3N3O3. The van der Waals surface area contributed by atoms with Crippen LogP contribution in [0.4, 0.5) is 30.2 Å². The van der Waals surface area contributed by atoms with Crippen molar-refractivity contribution in [3.05, 3.63) is 87.2 Å². The van der Waals surface area contributed by atoms with Crippen LogP contribution in [0.5, 0.6) is 0 Å². The van der Waals surface area contributed by atoms with Crippen molar-refractivity contribution in [1.29, 1.82) is 0 Å². The van der Waals surface area contributed by atoms with E-state index in [1.165, 1.54) is 30.3 Å². The molecule has 1 unspecified atom stereocenters. The number of rotatable bonds is 8. The molecule has 1 fully saturated rings. The van der Waals surface area contributed by atoms with Crippen LogP contribution in [0.2, 0.25) is 10.0 Å². The van der Waals surface area contributed by atoms with Gasteiger partial charge in [-0.3, -0.25) is 14.4 Å². The summed E-state index contributed by atoms with van der Waals surface area (Å²) in [6.07, 6.45) is 0.521. The van der Waals surface area contributed by atoms with Gasteiger partial charge in [0.2, 0.25) is 11.8 Å². The smallest absolute Gasteiger partial charge is 0.257 e. The van der Waals surface area contributed by atoms with Gasteiger partial charge < -0.3 is 16.0 Å². The Bertz CT molecular complexity index is 1520. The zero-order valence-corrected chi connectivity index (χ0v) is 23.6. The number of alkyl halides is 2. The van der Waals surface area contributed by atoms with Crippen molar-refractivity contribution in [1.82, 2.24) is 0 Å². The zero-order chi connectivity index (χ0) is 29.4. The molecule has 0 spiro atoms. The third-order valence-electron chi connectivity index (χ3n) is 6.20. The van der Waals surface area contributed by atoms with Crippen LogP contribution in [-0.4, -0.2) is 22.1 Å². The van der Waals surface area contributed by atoms with Crippen molar-refractivity contribution in [3.8, 4) is 0 Å². The molecule has 3 amide bonds. The molecule has 2 atom stereocenters. The molecule has 3 aromatic carbocycles. The maximum Gasteiger partial charge on any atom is 0.257 e. The minimum absolute atomic E-state index is 0.0243. The lowest BCUT2D eigenvalue weighted by Crippen LogP contribution is -2.19. The van der Waals surface area contributed by atoms with Gasteiger partial charge in [0.05, 0.1) is 27.2 Å². The summed E-state index contributed by atoms with van der Waals surface area (Å²) in [5.74, 6) is -6.45. The molecule has 6 nitrogen and oxygen atoms in total. The van der Waals surface area contributed by atoms with Crippen LogP contribution in [0.15, 0.2) is 48.5 Å². The van der Waals surface area contributed by atoms with Crippen LogP contribution in [0, 0.1) is 23.4 Å². The zero-order valence-electron chi connectivity index (χ0n) is 20.6. The SMILES string of the molecule is CCCC(=O)Nc1c(F)ccc(NC(=O)c2cc(NC(=O)[C@H]3C(c4ccc(F)c(Cl)c4)C3(Cl)Cl)ccc2Cl)c1F. The first-order chi connectivity index (χ1) is 18.8. The van der Waals surface area contributed by atoms with E-state index in [2.05, 4.69) is 16.0 Å². The Kier molecular flexibility index (Phi) is 8.89. The van der Waals surface area contributed by atoms with Crippen LogP contribution in [-0.2, 0) is 9.59 Å². The highest BCUT2D eigenvalue weighted by Gasteiger charge is 2.67. The van der Waals surface area contributed by atoms with E-state index in [0.29, 0.717) is 12.0 Å². The van der Waals surface area contributed by atoms with Crippen molar-refractivity contribution in [2.75, 3.05) is 16.0 Å². The number of benzene rings is 3. The van der Waals surface area contributed by atoms with Crippen LogP contribution in [0.3, 0.4) is 0 Å². The lowest BCUT2D eigenvalue weighted by atomic mass is 10.1. The fourth-order valence-electron chi connectivity index (χ4n) is 4.15. The first-order valence-electron chi connectivity index (χ1n) is 11.9. The summed E-state index contributed by atoms with van der Waals surface area (Å²) in [4.78, 5) is 37.8. The van der Waals surface area contributed by atoms with Gasteiger partial charge in [0.15, 0.2) is 5.82 Å². The van der Waals surface area contributed by atoms with Gasteiger partial charge >= 0.3 is 0 Å². The number of halogens is 7. The number of amides is 3. The normalized spacial score (nSPS) is 17.2. The molecule has 1 saturated carbocycles. The number of hydrogen-bond acceptors (Lipinski definition) is 3. The topological polar surface area (TPSA) is 87.3 Å². The Balaban J connectivity index is 1.51. The van der Waals surface area contributed by atoms with E-state index in [4.69, 9.17) is 46.4 Å². The number of carbonyl (C=O) groups is 3.